The fraction of sp³-hybridized carbons (Fsp3) is 0.450. The third-order valence-corrected chi connectivity index (χ3v) is 4.78. The van der Waals surface area contributed by atoms with E-state index in [1.807, 2.05) is 6.07 Å². The minimum absolute atomic E-state index is 0.0239. The minimum Gasteiger partial charge on any atom is -0.348 e. The molecule has 0 saturated carbocycles. The number of amides is 1. The van der Waals surface area contributed by atoms with Crippen LogP contribution in [0.1, 0.15) is 38.3 Å². The maximum absolute atomic E-state index is 12.4. The van der Waals surface area contributed by atoms with Crippen molar-refractivity contribution in [3.8, 4) is 0 Å². The topological polar surface area (TPSA) is 32.3 Å². The maximum Gasteiger partial charge on any atom is 0.234 e. The van der Waals surface area contributed by atoms with Crippen LogP contribution in [-0.4, -0.2) is 30.4 Å². The van der Waals surface area contributed by atoms with Gasteiger partial charge in [-0.2, -0.15) is 0 Å². The number of hydrogen-bond acceptors (Lipinski definition) is 2. The van der Waals surface area contributed by atoms with Crippen molar-refractivity contribution in [2.24, 2.45) is 5.92 Å². The first-order valence-corrected chi connectivity index (χ1v) is 8.63. The normalized spacial score (nSPS) is 20.3. The van der Waals surface area contributed by atoms with Gasteiger partial charge in [-0.3, -0.25) is 9.69 Å². The number of benzene rings is 2. The second-order valence-electron chi connectivity index (χ2n) is 6.84. The standard InChI is InChI=1S/C20H26N2O/c1-15-7-6-12-22(13-15)14-20(23)21-16(2)18-11-5-9-17-8-3-4-10-19(17)18/h3-5,8-11,15-16H,6-7,12-14H2,1-2H3,(H,21,23)/t15-,16+/m1/s1. The van der Waals surface area contributed by atoms with Crippen molar-refractivity contribution < 1.29 is 4.79 Å². The van der Waals surface area contributed by atoms with Gasteiger partial charge >= 0.3 is 0 Å². The largest absolute Gasteiger partial charge is 0.348 e. The fourth-order valence-electron chi connectivity index (χ4n) is 3.63. The molecule has 0 aromatic heterocycles. The molecule has 0 unspecified atom stereocenters. The van der Waals surface area contributed by atoms with Crippen molar-refractivity contribution in [3.63, 3.8) is 0 Å². The highest BCUT2D eigenvalue weighted by Crippen LogP contribution is 2.24. The molecule has 3 nitrogen and oxygen atoms in total. The lowest BCUT2D eigenvalue weighted by Crippen LogP contribution is -2.42. The number of rotatable bonds is 4. The van der Waals surface area contributed by atoms with Crippen LogP contribution in [0.5, 0.6) is 0 Å². The fourth-order valence-corrected chi connectivity index (χ4v) is 3.63. The number of carbonyl (C=O) groups excluding carboxylic acids is 1. The van der Waals surface area contributed by atoms with E-state index in [1.54, 1.807) is 0 Å². The van der Waals surface area contributed by atoms with Crippen LogP contribution in [0.4, 0.5) is 0 Å². The first-order chi connectivity index (χ1) is 11.1. The monoisotopic (exact) mass is 310 g/mol. The van der Waals surface area contributed by atoms with E-state index in [0.717, 1.165) is 13.1 Å². The van der Waals surface area contributed by atoms with Gasteiger partial charge in [-0.25, -0.2) is 0 Å². The first kappa shape index (κ1) is 16.0. The SMILES string of the molecule is C[C@@H]1CCCN(CC(=O)N[C@@H](C)c2cccc3ccccc23)C1. The van der Waals surface area contributed by atoms with E-state index in [2.05, 4.69) is 60.5 Å². The average Bonchev–Trinajstić information content (AvgIpc) is 2.54. The highest BCUT2D eigenvalue weighted by molar-refractivity contribution is 5.87. The lowest BCUT2D eigenvalue weighted by Gasteiger charge is -2.30. The van der Waals surface area contributed by atoms with Crippen LogP contribution in [0, 0.1) is 5.92 Å². The summed E-state index contributed by atoms with van der Waals surface area (Å²) in [6.07, 6.45) is 2.48. The molecule has 2 aromatic rings. The van der Waals surface area contributed by atoms with Gasteiger partial charge in [-0.05, 0) is 48.6 Å². The molecule has 0 radical (unpaired) electrons. The van der Waals surface area contributed by atoms with Crippen LogP contribution in [0.3, 0.4) is 0 Å². The molecule has 2 aromatic carbocycles. The minimum atomic E-state index is 0.0239. The summed E-state index contributed by atoms with van der Waals surface area (Å²) in [6.45, 7) is 6.93. The molecule has 1 aliphatic heterocycles. The molecule has 1 heterocycles. The molecule has 1 fully saturated rings. The predicted octanol–water partition coefficient (Wildman–Crippen LogP) is 3.75. The van der Waals surface area contributed by atoms with Crippen LogP contribution in [-0.2, 0) is 4.79 Å². The summed E-state index contributed by atoms with van der Waals surface area (Å²) in [5, 5.41) is 5.61. The Hall–Kier alpha value is -1.87. The molecule has 1 saturated heterocycles. The van der Waals surface area contributed by atoms with Gasteiger partial charge in [0.2, 0.25) is 5.91 Å². The van der Waals surface area contributed by atoms with Gasteiger partial charge in [0.25, 0.3) is 0 Å². The summed E-state index contributed by atoms with van der Waals surface area (Å²) in [4.78, 5) is 14.7. The molecule has 1 aliphatic rings. The Morgan fingerprint density at radius 3 is 2.87 bits per heavy atom. The number of nitrogens with zero attached hydrogens (tertiary/aromatic N) is 1. The van der Waals surface area contributed by atoms with Crippen LogP contribution in [0.25, 0.3) is 10.8 Å². The number of likely N-dealkylation sites (tertiary alicyclic amines) is 1. The second-order valence-corrected chi connectivity index (χ2v) is 6.84. The van der Waals surface area contributed by atoms with E-state index >= 15 is 0 Å². The van der Waals surface area contributed by atoms with Gasteiger partial charge in [0, 0.05) is 6.54 Å². The van der Waals surface area contributed by atoms with Crippen molar-refractivity contribution in [1.29, 1.82) is 0 Å². The van der Waals surface area contributed by atoms with Crippen LogP contribution in [0.15, 0.2) is 42.5 Å². The van der Waals surface area contributed by atoms with E-state index < -0.39 is 0 Å². The van der Waals surface area contributed by atoms with E-state index in [1.165, 1.54) is 29.2 Å². The zero-order valence-electron chi connectivity index (χ0n) is 14.1. The van der Waals surface area contributed by atoms with Crippen molar-refractivity contribution in [1.82, 2.24) is 10.2 Å². The van der Waals surface area contributed by atoms with Crippen molar-refractivity contribution in [2.45, 2.75) is 32.7 Å². The van der Waals surface area contributed by atoms with Crippen molar-refractivity contribution in [2.75, 3.05) is 19.6 Å². The van der Waals surface area contributed by atoms with E-state index in [-0.39, 0.29) is 11.9 Å². The molecule has 122 valence electrons. The van der Waals surface area contributed by atoms with Gasteiger partial charge in [0.05, 0.1) is 12.6 Å². The number of hydrogen-bond donors (Lipinski definition) is 1. The molecule has 3 rings (SSSR count). The number of nitrogens with one attached hydrogen (secondary N) is 1. The Morgan fingerprint density at radius 1 is 1.26 bits per heavy atom. The Balaban J connectivity index is 1.66. The summed E-state index contributed by atoms with van der Waals surface area (Å²) in [6, 6.07) is 14.6. The van der Waals surface area contributed by atoms with Crippen LogP contribution in [0.2, 0.25) is 0 Å². The molecule has 0 bridgehead atoms. The smallest absolute Gasteiger partial charge is 0.234 e. The Labute approximate surface area is 138 Å². The van der Waals surface area contributed by atoms with Gasteiger partial charge in [-0.15, -0.1) is 0 Å². The number of piperidine rings is 1. The van der Waals surface area contributed by atoms with Gasteiger partial charge in [0.15, 0.2) is 0 Å². The third kappa shape index (κ3) is 3.91. The quantitative estimate of drug-likeness (QED) is 0.933. The number of carbonyl (C=O) groups is 1. The Kier molecular flexibility index (Phi) is 4.97. The Morgan fingerprint density at radius 2 is 2.04 bits per heavy atom. The van der Waals surface area contributed by atoms with E-state index in [9.17, 15) is 4.79 Å². The third-order valence-electron chi connectivity index (χ3n) is 4.78. The van der Waals surface area contributed by atoms with Crippen LogP contribution >= 0.6 is 0 Å². The number of fused-ring (bicyclic) bond motifs is 1. The van der Waals surface area contributed by atoms with E-state index in [0.29, 0.717) is 12.5 Å². The molecular weight excluding hydrogens is 284 g/mol. The molecule has 0 spiro atoms. The van der Waals surface area contributed by atoms with Gasteiger partial charge in [-0.1, -0.05) is 49.4 Å². The lowest BCUT2D eigenvalue weighted by molar-refractivity contribution is -0.123. The molecule has 23 heavy (non-hydrogen) atoms. The molecule has 1 amide bonds. The first-order valence-electron chi connectivity index (χ1n) is 8.63. The summed E-state index contributed by atoms with van der Waals surface area (Å²) < 4.78 is 0. The van der Waals surface area contributed by atoms with Crippen molar-refractivity contribution in [3.05, 3.63) is 48.0 Å². The second kappa shape index (κ2) is 7.14. The summed E-state index contributed by atoms with van der Waals surface area (Å²) >= 11 is 0. The molecule has 3 heteroatoms. The summed E-state index contributed by atoms with van der Waals surface area (Å²) in [7, 11) is 0. The van der Waals surface area contributed by atoms with Gasteiger partial charge in [0.1, 0.15) is 0 Å². The van der Waals surface area contributed by atoms with Gasteiger partial charge < -0.3 is 5.32 Å². The van der Waals surface area contributed by atoms with Crippen LogP contribution < -0.4 is 5.32 Å². The predicted molar refractivity (Wildman–Crippen MR) is 95.3 cm³/mol. The van der Waals surface area contributed by atoms with Crippen molar-refractivity contribution >= 4 is 16.7 Å². The maximum atomic E-state index is 12.4. The lowest BCUT2D eigenvalue weighted by atomic mass is 9.99. The van der Waals surface area contributed by atoms with E-state index in [4.69, 9.17) is 0 Å². The molecule has 0 aliphatic carbocycles. The summed E-state index contributed by atoms with van der Waals surface area (Å²) in [5.74, 6) is 0.826. The summed E-state index contributed by atoms with van der Waals surface area (Å²) in [5.41, 5.74) is 1.18. The zero-order chi connectivity index (χ0) is 16.2. The molecule has 2 atom stereocenters. The molecule has 1 N–H and O–H groups in total. The Bertz CT molecular complexity index is 677. The highest BCUT2D eigenvalue weighted by atomic mass is 16.2. The average molecular weight is 310 g/mol. The molecular formula is C20H26N2O. The highest BCUT2D eigenvalue weighted by Gasteiger charge is 2.19. The zero-order valence-corrected chi connectivity index (χ0v) is 14.1.